The van der Waals surface area contributed by atoms with Crippen LogP contribution in [0.15, 0.2) is 65.6 Å². The van der Waals surface area contributed by atoms with Crippen LogP contribution in [-0.2, 0) is 20.4 Å². The van der Waals surface area contributed by atoms with Crippen molar-refractivity contribution >= 4 is 16.1 Å². The molecule has 1 N–H and O–H groups in total. The van der Waals surface area contributed by atoms with E-state index in [0.29, 0.717) is 28.4 Å². The Labute approximate surface area is 237 Å². The Hall–Kier alpha value is -3.60. The number of nitrogens with zero attached hydrogens (tertiary/aromatic N) is 1. The van der Waals surface area contributed by atoms with E-state index in [9.17, 15) is 13.2 Å². The van der Waals surface area contributed by atoms with Gasteiger partial charge in [0.1, 0.15) is 6.61 Å². The lowest BCUT2D eigenvalue weighted by Crippen LogP contribution is -2.45. The first-order chi connectivity index (χ1) is 18.8. The molecule has 9 nitrogen and oxygen atoms in total. The van der Waals surface area contributed by atoms with Crippen LogP contribution < -0.4 is 14.2 Å². The number of rotatable bonds is 10. The summed E-state index contributed by atoms with van der Waals surface area (Å²) in [5.74, 6) is 0.800. The normalized spacial score (nSPS) is 12.6. The summed E-state index contributed by atoms with van der Waals surface area (Å²) in [6.07, 6.45) is 0.784. The summed E-state index contributed by atoms with van der Waals surface area (Å²) in [5.41, 5.74) is 2.39. The minimum Gasteiger partial charge on any atom is -0.493 e. The molecule has 0 spiro atoms. The summed E-state index contributed by atoms with van der Waals surface area (Å²) in [5, 5.41) is 0. The van der Waals surface area contributed by atoms with Crippen LogP contribution in [0.1, 0.15) is 40.4 Å². The Kier molecular flexibility index (Phi) is 11.5. The van der Waals surface area contributed by atoms with Crippen LogP contribution in [0.5, 0.6) is 17.2 Å². The van der Waals surface area contributed by atoms with Gasteiger partial charge >= 0.3 is 5.97 Å². The summed E-state index contributed by atoms with van der Waals surface area (Å²) in [4.78, 5) is 14.9. The molecule has 3 aromatic rings. The molecule has 1 atom stereocenters. The molecule has 0 aromatic heterocycles. The second kappa shape index (κ2) is 14.2. The first-order valence-corrected chi connectivity index (χ1v) is 14.0. The van der Waals surface area contributed by atoms with Crippen molar-refractivity contribution in [1.82, 2.24) is 4.90 Å². The van der Waals surface area contributed by atoms with Crippen LogP contribution in [0.25, 0.3) is 0 Å². The van der Waals surface area contributed by atoms with Gasteiger partial charge in [-0.3, -0.25) is 9.45 Å². The van der Waals surface area contributed by atoms with E-state index in [0.717, 1.165) is 17.5 Å². The van der Waals surface area contributed by atoms with E-state index >= 15 is 0 Å². The van der Waals surface area contributed by atoms with Gasteiger partial charge < -0.3 is 18.9 Å². The first-order valence-electron chi connectivity index (χ1n) is 12.6. The van der Waals surface area contributed by atoms with Crippen LogP contribution >= 0.6 is 0 Å². The average Bonchev–Trinajstić information content (AvgIpc) is 2.94. The topological polar surface area (TPSA) is 112 Å². The van der Waals surface area contributed by atoms with Crippen molar-refractivity contribution in [2.75, 3.05) is 42.0 Å². The molecular weight excluding hydrogens is 534 g/mol. The Balaban J connectivity index is 0.000000389. The number of esters is 1. The Bertz CT molecular complexity index is 1370. The van der Waals surface area contributed by atoms with Crippen molar-refractivity contribution in [2.24, 2.45) is 0 Å². The third kappa shape index (κ3) is 7.74. The molecule has 0 amide bonds. The number of hydrogen-bond acceptors (Lipinski definition) is 8. The molecule has 0 aliphatic rings. The summed E-state index contributed by atoms with van der Waals surface area (Å²) < 4.78 is 52.0. The van der Waals surface area contributed by atoms with Gasteiger partial charge in [-0.25, -0.2) is 4.79 Å². The number of methoxy groups -OCH3 is 3. The molecule has 0 aliphatic carbocycles. The van der Waals surface area contributed by atoms with Crippen LogP contribution in [0.3, 0.4) is 0 Å². The molecule has 218 valence electrons. The Morgan fingerprint density at radius 2 is 1.48 bits per heavy atom. The van der Waals surface area contributed by atoms with Crippen LogP contribution in [0.4, 0.5) is 0 Å². The van der Waals surface area contributed by atoms with Gasteiger partial charge in [0.25, 0.3) is 10.1 Å². The number of aryl methyl sites for hydroxylation is 2. The van der Waals surface area contributed by atoms with Gasteiger partial charge in [-0.15, -0.1) is 0 Å². The van der Waals surface area contributed by atoms with Crippen molar-refractivity contribution in [3.63, 3.8) is 0 Å². The third-order valence-electron chi connectivity index (χ3n) is 6.72. The van der Waals surface area contributed by atoms with Crippen LogP contribution in [-0.4, -0.2) is 65.9 Å². The number of ether oxygens (including phenoxy) is 4. The predicted octanol–water partition coefficient (Wildman–Crippen LogP) is 5.29. The third-order valence-corrected chi connectivity index (χ3v) is 7.71. The molecule has 0 radical (unpaired) electrons. The van der Waals surface area contributed by atoms with Crippen molar-refractivity contribution < 1.29 is 36.7 Å². The minimum absolute atomic E-state index is 0.0116. The maximum absolute atomic E-state index is 12.8. The smallest absolute Gasteiger partial charge is 0.338 e. The lowest BCUT2D eigenvalue weighted by Gasteiger charge is -2.39. The zero-order valence-electron chi connectivity index (χ0n) is 24.3. The van der Waals surface area contributed by atoms with E-state index in [1.165, 1.54) is 27.4 Å². The zero-order valence-corrected chi connectivity index (χ0v) is 25.2. The monoisotopic (exact) mass is 573 g/mol. The molecule has 0 saturated carbocycles. The number of likely N-dealkylation sites (N-methyl/N-ethyl adjacent to an activating group) is 1. The van der Waals surface area contributed by atoms with Crippen molar-refractivity contribution in [2.45, 2.75) is 37.6 Å². The lowest BCUT2D eigenvalue weighted by molar-refractivity contribution is 0.0119. The average molecular weight is 574 g/mol. The van der Waals surface area contributed by atoms with E-state index in [1.807, 2.05) is 32.3 Å². The van der Waals surface area contributed by atoms with E-state index in [1.54, 1.807) is 38.1 Å². The van der Waals surface area contributed by atoms with E-state index < -0.39 is 21.6 Å². The van der Waals surface area contributed by atoms with Gasteiger partial charge in [-0.05, 0) is 69.3 Å². The van der Waals surface area contributed by atoms with Crippen LogP contribution in [0, 0.1) is 13.8 Å². The van der Waals surface area contributed by atoms with Gasteiger partial charge in [0.15, 0.2) is 11.5 Å². The molecule has 0 fully saturated rings. The highest BCUT2D eigenvalue weighted by Crippen LogP contribution is 2.38. The summed E-state index contributed by atoms with van der Waals surface area (Å²) >= 11 is 0. The van der Waals surface area contributed by atoms with E-state index in [-0.39, 0.29) is 11.5 Å². The highest BCUT2D eigenvalue weighted by Gasteiger charge is 2.35. The quantitative estimate of drug-likeness (QED) is 0.256. The Morgan fingerprint density at radius 1 is 0.900 bits per heavy atom. The number of carbonyl (C=O) groups is 1. The Morgan fingerprint density at radius 3 is 1.90 bits per heavy atom. The van der Waals surface area contributed by atoms with Crippen molar-refractivity contribution in [1.29, 1.82) is 0 Å². The van der Waals surface area contributed by atoms with Crippen molar-refractivity contribution in [3.8, 4) is 17.2 Å². The molecule has 1 unspecified atom stereocenters. The fourth-order valence-electron chi connectivity index (χ4n) is 4.29. The minimum atomic E-state index is -4.06. The van der Waals surface area contributed by atoms with Crippen molar-refractivity contribution in [3.05, 3.63) is 82.9 Å². The van der Waals surface area contributed by atoms with Gasteiger partial charge in [-0.1, -0.05) is 49.4 Å². The lowest BCUT2D eigenvalue weighted by atomic mass is 9.87. The van der Waals surface area contributed by atoms with Gasteiger partial charge in [0.05, 0.1) is 37.3 Å². The van der Waals surface area contributed by atoms with Gasteiger partial charge in [0.2, 0.25) is 5.75 Å². The fourth-order valence-corrected chi connectivity index (χ4v) is 5.10. The summed E-state index contributed by atoms with van der Waals surface area (Å²) in [7, 11) is 4.46. The summed E-state index contributed by atoms with van der Waals surface area (Å²) in [6, 6.07) is 18.2. The van der Waals surface area contributed by atoms with E-state index in [2.05, 4.69) is 24.0 Å². The predicted molar refractivity (Wildman–Crippen MR) is 154 cm³/mol. The number of benzene rings is 3. The zero-order chi connectivity index (χ0) is 30.1. The maximum atomic E-state index is 12.8. The maximum Gasteiger partial charge on any atom is 0.338 e. The second-order valence-corrected chi connectivity index (χ2v) is 10.8. The number of hydrogen-bond donors (Lipinski definition) is 1. The number of carbonyl (C=O) groups excluding carboxylic acids is 1. The molecule has 10 heteroatoms. The second-order valence-electron chi connectivity index (χ2n) is 9.38. The molecule has 0 heterocycles. The largest absolute Gasteiger partial charge is 0.493 e. The standard InChI is InChI=1S/C22H29NO5.C8H10O3S/c1-7-22(23(2)3,17-11-9-8-10-12-17)15-28-21(24)16-13-18(25-4)20(27-6)19(14-16)26-5;1-6-3-4-7(2)8(5-6)12(9,10)11/h8-14H,7,15H2,1-6H3;3-5H,1-2H3,(H,9,10,11). The molecule has 40 heavy (non-hydrogen) atoms. The fraction of sp³-hybridized carbons (Fsp3) is 0.367. The van der Waals surface area contributed by atoms with Crippen LogP contribution in [0.2, 0.25) is 0 Å². The SMILES string of the molecule is CCC(COC(=O)c1cc(OC)c(OC)c(OC)c1)(c1ccccc1)N(C)C.Cc1ccc(C)c(S(=O)(=O)O)c1. The molecule has 0 saturated heterocycles. The first kappa shape index (κ1) is 32.6. The molecule has 0 bridgehead atoms. The molecular formula is C30H39NO8S. The molecule has 3 rings (SSSR count). The van der Waals surface area contributed by atoms with E-state index in [4.69, 9.17) is 23.5 Å². The molecule has 3 aromatic carbocycles. The van der Waals surface area contributed by atoms with Gasteiger partial charge in [-0.2, -0.15) is 8.42 Å². The highest BCUT2D eigenvalue weighted by atomic mass is 32.2. The van der Waals surface area contributed by atoms with Gasteiger partial charge in [0, 0.05) is 0 Å². The summed E-state index contributed by atoms with van der Waals surface area (Å²) in [6.45, 7) is 5.72. The molecule has 0 aliphatic heterocycles. The highest BCUT2D eigenvalue weighted by molar-refractivity contribution is 7.85.